The highest BCUT2D eigenvalue weighted by Gasteiger charge is 2.00. The van der Waals surface area contributed by atoms with E-state index in [4.69, 9.17) is 15.2 Å². The van der Waals surface area contributed by atoms with Crippen molar-refractivity contribution in [2.45, 2.75) is 33.4 Å². The summed E-state index contributed by atoms with van der Waals surface area (Å²) in [6.07, 6.45) is 0.155. The summed E-state index contributed by atoms with van der Waals surface area (Å²) in [6, 6.07) is 15.5. The van der Waals surface area contributed by atoms with Crippen LogP contribution in [-0.4, -0.2) is 18.7 Å². The molecule has 0 amide bonds. The van der Waals surface area contributed by atoms with Gasteiger partial charge in [-0.2, -0.15) is 0 Å². The third-order valence-corrected chi connectivity index (χ3v) is 3.14. The number of nitrogens with two attached hydrogens (primary N) is 1. The minimum absolute atomic E-state index is 0. The Morgan fingerprint density at radius 2 is 1.84 bits per heavy atom. The van der Waals surface area contributed by atoms with Crippen molar-refractivity contribution < 1.29 is 9.47 Å². The van der Waals surface area contributed by atoms with Gasteiger partial charge in [0.1, 0.15) is 11.5 Å². The van der Waals surface area contributed by atoms with Crippen molar-refractivity contribution in [1.29, 1.82) is 0 Å². The zero-order valence-corrected chi connectivity index (χ0v) is 17.2. The number of nitrogens with zero attached hydrogens (tertiary/aromatic N) is 1. The summed E-state index contributed by atoms with van der Waals surface area (Å²) >= 11 is 0. The highest BCUT2D eigenvalue weighted by atomic mass is 127. The topological polar surface area (TPSA) is 68.9 Å². The van der Waals surface area contributed by atoms with Crippen molar-refractivity contribution >= 4 is 35.6 Å². The number of hydrogen-bond donors (Lipinski definition) is 2. The molecular weight excluding hydrogens is 429 g/mol. The van der Waals surface area contributed by atoms with Gasteiger partial charge in [0.2, 0.25) is 0 Å². The molecule has 0 atom stereocenters. The van der Waals surface area contributed by atoms with Crippen LogP contribution in [0.1, 0.15) is 26.3 Å². The lowest BCUT2D eigenvalue weighted by Gasteiger charge is -2.11. The number of ether oxygens (including phenoxy) is 2. The number of halogens is 1. The molecule has 136 valence electrons. The van der Waals surface area contributed by atoms with Crippen LogP contribution < -0.4 is 20.5 Å². The number of guanidine groups is 1. The number of benzene rings is 2. The monoisotopic (exact) mass is 455 g/mol. The van der Waals surface area contributed by atoms with Gasteiger partial charge >= 0.3 is 0 Å². The summed E-state index contributed by atoms with van der Waals surface area (Å²) in [4.78, 5) is 4.36. The lowest BCUT2D eigenvalue weighted by atomic mass is 10.2. The molecule has 2 aromatic carbocycles. The summed E-state index contributed by atoms with van der Waals surface area (Å²) in [6.45, 7) is 7.10. The predicted molar refractivity (Wildman–Crippen MR) is 114 cm³/mol. The molecule has 0 saturated heterocycles. The molecule has 0 aromatic heterocycles. The van der Waals surface area contributed by atoms with E-state index in [0.29, 0.717) is 19.1 Å². The number of hydrogen-bond acceptors (Lipinski definition) is 3. The van der Waals surface area contributed by atoms with Gasteiger partial charge in [0, 0.05) is 5.69 Å². The SMILES string of the molecule is CCOc1cccc(CN=C(N)Nc2ccc(OC(C)C)cc2)c1.I. The lowest BCUT2D eigenvalue weighted by Crippen LogP contribution is -2.22. The second-order valence-electron chi connectivity index (χ2n) is 5.60. The molecule has 0 heterocycles. The molecule has 2 rings (SSSR count). The summed E-state index contributed by atoms with van der Waals surface area (Å²) in [5.41, 5.74) is 7.86. The highest BCUT2D eigenvalue weighted by Crippen LogP contribution is 2.17. The fourth-order valence-corrected chi connectivity index (χ4v) is 2.15. The fraction of sp³-hybridized carbons (Fsp3) is 0.316. The van der Waals surface area contributed by atoms with Gasteiger partial charge in [-0.25, -0.2) is 4.99 Å². The fourth-order valence-electron chi connectivity index (χ4n) is 2.15. The highest BCUT2D eigenvalue weighted by molar-refractivity contribution is 14.0. The Kier molecular flexibility index (Phi) is 9.12. The quantitative estimate of drug-likeness (QED) is 0.369. The van der Waals surface area contributed by atoms with Crippen LogP contribution in [0.4, 0.5) is 5.69 Å². The van der Waals surface area contributed by atoms with E-state index in [1.165, 1.54) is 0 Å². The Balaban J connectivity index is 0.00000312. The van der Waals surface area contributed by atoms with Gasteiger partial charge < -0.3 is 20.5 Å². The molecule has 0 saturated carbocycles. The maximum absolute atomic E-state index is 5.95. The first-order valence-electron chi connectivity index (χ1n) is 8.12. The maximum atomic E-state index is 5.95. The first-order valence-corrected chi connectivity index (χ1v) is 8.12. The summed E-state index contributed by atoms with van der Waals surface area (Å²) < 4.78 is 11.1. The molecule has 0 unspecified atom stereocenters. The zero-order valence-electron chi connectivity index (χ0n) is 14.9. The van der Waals surface area contributed by atoms with Crippen LogP contribution in [0.25, 0.3) is 0 Å². The van der Waals surface area contributed by atoms with Crippen LogP contribution in [0.2, 0.25) is 0 Å². The van der Waals surface area contributed by atoms with Crippen molar-refractivity contribution in [3.05, 3.63) is 54.1 Å². The predicted octanol–water partition coefficient (Wildman–Crippen LogP) is 4.42. The molecule has 0 aliphatic rings. The van der Waals surface area contributed by atoms with E-state index >= 15 is 0 Å². The van der Waals surface area contributed by atoms with Crippen LogP contribution in [0.5, 0.6) is 11.5 Å². The molecule has 6 heteroatoms. The van der Waals surface area contributed by atoms with Gasteiger partial charge in [-0.1, -0.05) is 12.1 Å². The van der Waals surface area contributed by atoms with Gasteiger partial charge in [-0.3, -0.25) is 0 Å². The molecule has 25 heavy (non-hydrogen) atoms. The Bertz CT molecular complexity index is 673. The number of anilines is 1. The van der Waals surface area contributed by atoms with E-state index in [1.54, 1.807) is 0 Å². The zero-order chi connectivity index (χ0) is 17.4. The largest absolute Gasteiger partial charge is 0.494 e. The number of aliphatic imine (C=N–C) groups is 1. The molecule has 5 nitrogen and oxygen atoms in total. The Hall–Kier alpha value is -1.96. The van der Waals surface area contributed by atoms with Gasteiger partial charge in [0.05, 0.1) is 19.3 Å². The molecule has 0 spiro atoms. The number of nitrogens with one attached hydrogen (secondary N) is 1. The first-order chi connectivity index (χ1) is 11.6. The van der Waals surface area contributed by atoms with Gasteiger partial charge in [-0.05, 0) is 62.7 Å². The van der Waals surface area contributed by atoms with Gasteiger partial charge in [0.15, 0.2) is 5.96 Å². The third-order valence-electron chi connectivity index (χ3n) is 3.14. The van der Waals surface area contributed by atoms with E-state index < -0.39 is 0 Å². The minimum atomic E-state index is 0. The van der Waals surface area contributed by atoms with E-state index in [1.807, 2.05) is 69.3 Å². The van der Waals surface area contributed by atoms with Crippen molar-refractivity contribution in [3.63, 3.8) is 0 Å². The summed E-state index contributed by atoms with van der Waals surface area (Å²) in [5, 5.41) is 3.07. The van der Waals surface area contributed by atoms with Crippen LogP contribution in [0.3, 0.4) is 0 Å². The molecule has 0 radical (unpaired) electrons. The normalized spacial score (nSPS) is 11.0. The van der Waals surface area contributed by atoms with Crippen molar-refractivity contribution in [2.24, 2.45) is 10.7 Å². The summed E-state index contributed by atoms with van der Waals surface area (Å²) in [7, 11) is 0. The van der Waals surface area contributed by atoms with Crippen LogP contribution >= 0.6 is 24.0 Å². The van der Waals surface area contributed by atoms with Crippen LogP contribution in [-0.2, 0) is 6.54 Å². The standard InChI is InChI=1S/C19H25N3O2.HI/c1-4-23-18-7-5-6-15(12-18)13-21-19(20)22-16-8-10-17(11-9-16)24-14(2)3;/h5-12,14H,4,13H2,1-3H3,(H3,20,21,22);1H. The van der Waals surface area contributed by atoms with E-state index in [-0.39, 0.29) is 30.1 Å². The van der Waals surface area contributed by atoms with Crippen LogP contribution in [0, 0.1) is 0 Å². The Morgan fingerprint density at radius 3 is 2.48 bits per heavy atom. The maximum Gasteiger partial charge on any atom is 0.193 e. The second kappa shape index (κ2) is 10.8. The third kappa shape index (κ3) is 7.64. The number of rotatable bonds is 7. The van der Waals surface area contributed by atoms with Gasteiger partial charge in [-0.15, -0.1) is 24.0 Å². The minimum Gasteiger partial charge on any atom is -0.494 e. The van der Waals surface area contributed by atoms with Crippen molar-refractivity contribution in [3.8, 4) is 11.5 Å². The smallest absolute Gasteiger partial charge is 0.193 e. The summed E-state index contributed by atoms with van der Waals surface area (Å²) in [5.74, 6) is 2.05. The average molecular weight is 455 g/mol. The van der Waals surface area contributed by atoms with E-state index in [2.05, 4.69) is 10.3 Å². The average Bonchev–Trinajstić information content (AvgIpc) is 2.55. The van der Waals surface area contributed by atoms with Crippen molar-refractivity contribution in [1.82, 2.24) is 0 Å². The Morgan fingerprint density at radius 1 is 1.12 bits per heavy atom. The van der Waals surface area contributed by atoms with Crippen LogP contribution in [0.15, 0.2) is 53.5 Å². The molecule has 0 aliphatic carbocycles. The molecule has 3 N–H and O–H groups in total. The molecular formula is C19H26IN3O2. The van der Waals surface area contributed by atoms with Gasteiger partial charge in [0.25, 0.3) is 0 Å². The molecule has 0 bridgehead atoms. The second-order valence-corrected chi connectivity index (χ2v) is 5.60. The first kappa shape index (κ1) is 21.1. The molecule has 2 aromatic rings. The molecule has 0 aliphatic heterocycles. The Labute approximate surface area is 166 Å². The lowest BCUT2D eigenvalue weighted by molar-refractivity contribution is 0.242. The van der Waals surface area contributed by atoms with E-state index in [0.717, 1.165) is 22.7 Å². The van der Waals surface area contributed by atoms with Crippen molar-refractivity contribution in [2.75, 3.05) is 11.9 Å². The molecule has 0 fully saturated rings. The van der Waals surface area contributed by atoms with E-state index in [9.17, 15) is 0 Å².